The number of hydrogen-bond acceptors (Lipinski definition) is 5. The van der Waals surface area contributed by atoms with Gasteiger partial charge in [0.1, 0.15) is 17.2 Å². The number of hydrogen-bond donors (Lipinski definition) is 1. The first kappa shape index (κ1) is 15.1. The smallest absolute Gasteiger partial charge is 0.193 e. The summed E-state index contributed by atoms with van der Waals surface area (Å²) in [6, 6.07) is 4.92. The Labute approximate surface area is 133 Å². The van der Waals surface area contributed by atoms with E-state index in [0.29, 0.717) is 33.4 Å². The van der Waals surface area contributed by atoms with Crippen molar-refractivity contribution < 1.29 is 24.2 Å². The Morgan fingerprint density at radius 2 is 1.57 bits per heavy atom. The maximum atomic E-state index is 12.5. The first-order valence-electron chi connectivity index (χ1n) is 7.09. The van der Waals surface area contributed by atoms with Gasteiger partial charge in [0.15, 0.2) is 11.6 Å². The standard InChI is InChI=1S/C18H16O5/c1-8-9(2)17(20)15-12(16(8)19)6-10-5-11(22-3)7-13(23-4)14(10)18(15)21/h5-7,21H,1-4H3. The van der Waals surface area contributed by atoms with Crippen molar-refractivity contribution in [2.45, 2.75) is 13.8 Å². The highest BCUT2D eigenvalue weighted by molar-refractivity contribution is 6.29. The van der Waals surface area contributed by atoms with Gasteiger partial charge in [0, 0.05) is 22.8 Å². The third-order valence-electron chi connectivity index (χ3n) is 4.32. The van der Waals surface area contributed by atoms with Gasteiger partial charge in [-0.1, -0.05) is 0 Å². The molecule has 0 fully saturated rings. The van der Waals surface area contributed by atoms with Gasteiger partial charge in [0.05, 0.1) is 25.2 Å². The Morgan fingerprint density at radius 3 is 2.17 bits per heavy atom. The van der Waals surface area contributed by atoms with Crippen LogP contribution in [0.15, 0.2) is 29.3 Å². The molecule has 5 nitrogen and oxygen atoms in total. The number of aromatic hydroxyl groups is 1. The quantitative estimate of drug-likeness (QED) is 0.921. The highest BCUT2D eigenvalue weighted by atomic mass is 16.5. The maximum Gasteiger partial charge on any atom is 0.193 e. The number of rotatable bonds is 2. The second-order valence-corrected chi connectivity index (χ2v) is 5.48. The fraction of sp³-hybridized carbons (Fsp3) is 0.222. The molecule has 2 aromatic rings. The van der Waals surface area contributed by atoms with Crippen molar-refractivity contribution in [3.8, 4) is 17.2 Å². The molecular weight excluding hydrogens is 296 g/mol. The number of benzene rings is 2. The molecule has 0 amide bonds. The van der Waals surface area contributed by atoms with Crippen molar-refractivity contribution in [1.82, 2.24) is 0 Å². The highest BCUT2D eigenvalue weighted by Crippen LogP contribution is 2.43. The minimum absolute atomic E-state index is 0.0362. The van der Waals surface area contributed by atoms with Gasteiger partial charge in [-0.2, -0.15) is 0 Å². The zero-order valence-corrected chi connectivity index (χ0v) is 13.3. The third-order valence-corrected chi connectivity index (χ3v) is 4.32. The van der Waals surface area contributed by atoms with E-state index in [0.717, 1.165) is 0 Å². The Bertz CT molecular complexity index is 906. The fourth-order valence-electron chi connectivity index (χ4n) is 2.88. The molecule has 0 unspecified atom stereocenters. The molecule has 0 saturated heterocycles. The molecule has 2 aromatic carbocycles. The summed E-state index contributed by atoms with van der Waals surface area (Å²) in [6.07, 6.45) is 0. The summed E-state index contributed by atoms with van der Waals surface area (Å²) in [5, 5.41) is 11.6. The van der Waals surface area contributed by atoms with Crippen LogP contribution >= 0.6 is 0 Å². The van der Waals surface area contributed by atoms with Crippen molar-refractivity contribution in [1.29, 1.82) is 0 Å². The van der Waals surface area contributed by atoms with E-state index >= 15 is 0 Å². The van der Waals surface area contributed by atoms with Crippen molar-refractivity contribution in [3.05, 3.63) is 40.5 Å². The molecule has 0 bridgehead atoms. The van der Waals surface area contributed by atoms with Crippen LogP contribution in [0.5, 0.6) is 17.2 Å². The molecule has 0 aliphatic heterocycles. The van der Waals surface area contributed by atoms with Gasteiger partial charge in [-0.25, -0.2) is 0 Å². The normalized spacial score (nSPS) is 14.3. The van der Waals surface area contributed by atoms with Crippen molar-refractivity contribution in [3.63, 3.8) is 0 Å². The van der Waals surface area contributed by atoms with Crippen LogP contribution in [0.4, 0.5) is 0 Å². The van der Waals surface area contributed by atoms with Gasteiger partial charge < -0.3 is 14.6 Å². The number of allylic oxidation sites excluding steroid dienone is 2. The predicted molar refractivity (Wildman–Crippen MR) is 85.8 cm³/mol. The number of ether oxygens (including phenoxy) is 2. The molecule has 0 aromatic heterocycles. The second-order valence-electron chi connectivity index (χ2n) is 5.48. The number of methoxy groups -OCH3 is 2. The lowest BCUT2D eigenvalue weighted by molar-refractivity contribution is 0.0973. The third kappa shape index (κ3) is 2.00. The van der Waals surface area contributed by atoms with Crippen LogP contribution in [0.25, 0.3) is 10.8 Å². The van der Waals surface area contributed by atoms with Gasteiger partial charge in [-0.15, -0.1) is 0 Å². The average Bonchev–Trinajstić information content (AvgIpc) is 2.56. The van der Waals surface area contributed by atoms with Crippen LogP contribution in [-0.4, -0.2) is 30.9 Å². The molecule has 0 spiro atoms. The number of carbonyl (C=O) groups excluding carboxylic acids is 2. The molecule has 3 rings (SSSR count). The predicted octanol–water partition coefficient (Wildman–Crippen LogP) is 3.28. The summed E-state index contributed by atoms with van der Waals surface area (Å²) in [5.74, 6) is 0.0863. The number of phenolic OH excluding ortho intramolecular Hbond substituents is 1. The minimum Gasteiger partial charge on any atom is -0.506 e. The molecule has 118 valence electrons. The largest absolute Gasteiger partial charge is 0.506 e. The van der Waals surface area contributed by atoms with Crippen LogP contribution in [0, 0.1) is 0 Å². The summed E-state index contributed by atoms with van der Waals surface area (Å²) in [4.78, 5) is 25.0. The molecular formula is C18H16O5. The summed E-state index contributed by atoms with van der Waals surface area (Å²) >= 11 is 0. The molecule has 0 heterocycles. The van der Waals surface area contributed by atoms with Gasteiger partial charge >= 0.3 is 0 Å². The second kappa shape index (κ2) is 5.12. The van der Waals surface area contributed by atoms with Crippen LogP contribution in [0.3, 0.4) is 0 Å². The number of carbonyl (C=O) groups is 2. The lowest BCUT2D eigenvalue weighted by atomic mass is 9.83. The van der Waals surface area contributed by atoms with E-state index < -0.39 is 0 Å². The van der Waals surface area contributed by atoms with Crippen molar-refractivity contribution in [2.24, 2.45) is 0 Å². The molecule has 0 radical (unpaired) electrons. The topological polar surface area (TPSA) is 72.8 Å². The van der Waals surface area contributed by atoms with Gasteiger partial charge in [0.25, 0.3) is 0 Å². The summed E-state index contributed by atoms with van der Waals surface area (Å²) < 4.78 is 10.5. The van der Waals surface area contributed by atoms with E-state index in [2.05, 4.69) is 0 Å². The van der Waals surface area contributed by atoms with Gasteiger partial charge in [0.2, 0.25) is 0 Å². The number of ketones is 2. The summed E-state index contributed by atoms with van der Waals surface area (Å²) in [6.45, 7) is 3.21. The van der Waals surface area contributed by atoms with Crippen LogP contribution in [0.1, 0.15) is 34.6 Å². The fourth-order valence-corrected chi connectivity index (χ4v) is 2.88. The lowest BCUT2D eigenvalue weighted by Gasteiger charge is -2.20. The Morgan fingerprint density at radius 1 is 0.913 bits per heavy atom. The molecule has 0 atom stereocenters. The van der Waals surface area contributed by atoms with Crippen LogP contribution in [0.2, 0.25) is 0 Å². The molecule has 23 heavy (non-hydrogen) atoms. The monoisotopic (exact) mass is 312 g/mol. The van der Waals surface area contributed by atoms with Crippen molar-refractivity contribution in [2.75, 3.05) is 14.2 Å². The SMILES string of the molecule is COc1cc(OC)c2c(O)c3c(cc2c1)C(=O)C(C)=C(C)C3=O. The molecule has 1 N–H and O–H groups in total. The number of Topliss-reactive ketones (excluding diaryl/α,β-unsaturated/α-hetero) is 2. The van der Waals surface area contributed by atoms with E-state index in [1.54, 1.807) is 32.0 Å². The van der Waals surface area contributed by atoms with Crippen LogP contribution < -0.4 is 9.47 Å². The first-order valence-corrected chi connectivity index (χ1v) is 7.09. The Kier molecular flexibility index (Phi) is 3.36. The highest BCUT2D eigenvalue weighted by Gasteiger charge is 2.32. The lowest BCUT2D eigenvalue weighted by Crippen LogP contribution is -2.19. The van der Waals surface area contributed by atoms with E-state index in [1.807, 2.05) is 0 Å². The Balaban J connectivity index is 2.46. The first-order chi connectivity index (χ1) is 10.9. The Hall–Kier alpha value is -2.82. The molecule has 1 aliphatic rings. The minimum atomic E-state index is -0.339. The zero-order valence-electron chi connectivity index (χ0n) is 13.3. The molecule has 0 saturated carbocycles. The van der Waals surface area contributed by atoms with Crippen molar-refractivity contribution >= 4 is 22.3 Å². The van der Waals surface area contributed by atoms with E-state index in [4.69, 9.17) is 9.47 Å². The summed E-state index contributed by atoms with van der Waals surface area (Å²) in [5.41, 5.74) is 0.994. The number of phenols is 1. The zero-order chi connectivity index (χ0) is 16.9. The maximum absolute atomic E-state index is 12.5. The van der Waals surface area contributed by atoms with E-state index in [1.165, 1.54) is 14.2 Å². The van der Waals surface area contributed by atoms with Gasteiger partial charge in [-0.3, -0.25) is 9.59 Å². The average molecular weight is 312 g/mol. The molecule has 5 heteroatoms. The van der Waals surface area contributed by atoms with Crippen LogP contribution in [-0.2, 0) is 0 Å². The number of fused-ring (bicyclic) bond motifs is 2. The van der Waals surface area contributed by atoms with E-state index in [-0.39, 0.29) is 28.4 Å². The van der Waals surface area contributed by atoms with E-state index in [9.17, 15) is 14.7 Å². The van der Waals surface area contributed by atoms with Gasteiger partial charge in [-0.05, 0) is 31.4 Å². The molecule has 1 aliphatic carbocycles. The summed E-state index contributed by atoms with van der Waals surface area (Å²) in [7, 11) is 2.99.